The van der Waals surface area contributed by atoms with Gasteiger partial charge in [0.1, 0.15) is 5.60 Å². The second kappa shape index (κ2) is 5.14. The summed E-state index contributed by atoms with van der Waals surface area (Å²) >= 11 is 0. The van der Waals surface area contributed by atoms with Crippen LogP contribution in [-0.4, -0.2) is 22.6 Å². The molecule has 0 bridgehead atoms. The highest BCUT2D eigenvalue weighted by Gasteiger charge is 2.53. The number of carboxylic acid groups (broad SMARTS) is 1. The Labute approximate surface area is 114 Å². The first-order chi connectivity index (χ1) is 8.93. The van der Waals surface area contributed by atoms with Crippen molar-refractivity contribution in [2.75, 3.05) is 0 Å². The van der Waals surface area contributed by atoms with Gasteiger partial charge in [0.15, 0.2) is 5.41 Å². The fourth-order valence-electron chi connectivity index (χ4n) is 3.54. The molecule has 2 aliphatic carbocycles. The Bertz CT molecular complexity index is 360. The molecule has 4 nitrogen and oxygen atoms in total. The maximum atomic E-state index is 12.5. The maximum absolute atomic E-state index is 12.5. The molecule has 4 heteroatoms. The predicted molar refractivity (Wildman–Crippen MR) is 70.7 cm³/mol. The van der Waals surface area contributed by atoms with E-state index in [1.165, 1.54) is 0 Å². The largest absolute Gasteiger partial charge is 0.480 e. The fraction of sp³-hybridized carbons (Fsp3) is 0.867. The van der Waals surface area contributed by atoms with Gasteiger partial charge in [0.25, 0.3) is 0 Å². The molecule has 0 radical (unpaired) electrons. The van der Waals surface area contributed by atoms with Gasteiger partial charge >= 0.3 is 11.9 Å². The van der Waals surface area contributed by atoms with Gasteiger partial charge < -0.3 is 9.84 Å². The van der Waals surface area contributed by atoms with E-state index < -0.39 is 23.0 Å². The molecule has 0 saturated heterocycles. The van der Waals surface area contributed by atoms with E-state index in [-0.39, 0.29) is 5.92 Å². The van der Waals surface area contributed by atoms with Crippen molar-refractivity contribution in [1.82, 2.24) is 0 Å². The van der Waals surface area contributed by atoms with E-state index in [0.29, 0.717) is 12.8 Å². The second-order valence-electron chi connectivity index (χ2n) is 6.41. The molecule has 0 aromatic rings. The lowest BCUT2D eigenvalue weighted by atomic mass is 9.84. The van der Waals surface area contributed by atoms with Gasteiger partial charge in [0.2, 0.25) is 0 Å². The van der Waals surface area contributed by atoms with Crippen molar-refractivity contribution < 1.29 is 19.4 Å². The average molecular weight is 268 g/mol. The zero-order valence-corrected chi connectivity index (χ0v) is 11.9. The van der Waals surface area contributed by atoms with Gasteiger partial charge in [0.05, 0.1) is 0 Å². The first-order valence-electron chi connectivity index (χ1n) is 7.40. The van der Waals surface area contributed by atoms with Crippen molar-refractivity contribution in [3.05, 3.63) is 0 Å². The van der Waals surface area contributed by atoms with Crippen molar-refractivity contribution in [2.24, 2.45) is 11.3 Å². The molecular formula is C15H24O4. The van der Waals surface area contributed by atoms with Crippen molar-refractivity contribution >= 4 is 11.9 Å². The van der Waals surface area contributed by atoms with Crippen LogP contribution >= 0.6 is 0 Å². The van der Waals surface area contributed by atoms with E-state index in [1.54, 1.807) is 0 Å². The van der Waals surface area contributed by atoms with Gasteiger partial charge in [-0.25, -0.2) is 0 Å². The fourth-order valence-corrected chi connectivity index (χ4v) is 3.54. The number of carboxylic acids is 1. The van der Waals surface area contributed by atoms with Crippen LogP contribution in [0, 0.1) is 11.3 Å². The number of aliphatic carboxylic acids is 1. The van der Waals surface area contributed by atoms with E-state index in [2.05, 4.69) is 13.8 Å². The molecule has 0 aromatic carbocycles. The van der Waals surface area contributed by atoms with E-state index in [4.69, 9.17) is 4.74 Å². The monoisotopic (exact) mass is 268 g/mol. The number of ether oxygens (including phenoxy) is 1. The molecule has 0 amide bonds. The molecule has 1 N–H and O–H groups in total. The second-order valence-corrected chi connectivity index (χ2v) is 6.41. The molecule has 2 fully saturated rings. The number of rotatable bonds is 4. The van der Waals surface area contributed by atoms with E-state index in [0.717, 1.165) is 38.5 Å². The summed E-state index contributed by atoms with van der Waals surface area (Å²) in [6.45, 7) is 4.11. The zero-order chi connectivity index (χ0) is 14.1. The van der Waals surface area contributed by atoms with Crippen molar-refractivity contribution in [2.45, 2.75) is 70.8 Å². The lowest BCUT2D eigenvalue weighted by Gasteiger charge is -2.36. The van der Waals surface area contributed by atoms with Crippen LogP contribution in [0.5, 0.6) is 0 Å². The summed E-state index contributed by atoms with van der Waals surface area (Å²) in [6, 6.07) is 0. The van der Waals surface area contributed by atoms with Gasteiger partial charge in [-0.1, -0.05) is 26.7 Å². The van der Waals surface area contributed by atoms with Crippen LogP contribution in [0.4, 0.5) is 0 Å². The summed E-state index contributed by atoms with van der Waals surface area (Å²) < 4.78 is 5.79. The molecule has 2 saturated carbocycles. The van der Waals surface area contributed by atoms with Crippen LogP contribution in [0.25, 0.3) is 0 Å². The Morgan fingerprint density at radius 2 is 1.47 bits per heavy atom. The number of hydrogen-bond acceptors (Lipinski definition) is 3. The summed E-state index contributed by atoms with van der Waals surface area (Å²) in [4.78, 5) is 24.0. The van der Waals surface area contributed by atoms with Gasteiger partial charge in [-0.05, 0) is 44.4 Å². The lowest BCUT2D eigenvalue weighted by Crippen LogP contribution is -2.45. The third-order valence-electron chi connectivity index (χ3n) is 5.06. The topological polar surface area (TPSA) is 63.6 Å². The minimum Gasteiger partial charge on any atom is -0.480 e. The third kappa shape index (κ3) is 2.37. The van der Waals surface area contributed by atoms with Crippen molar-refractivity contribution in [1.29, 1.82) is 0 Å². The average Bonchev–Trinajstić information content (AvgIpc) is 2.98. The number of hydrogen-bond donors (Lipinski definition) is 1. The predicted octanol–water partition coefficient (Wildman–Crippen LogP) is 3.14. The molecule has 2 rings (SSSR count). The van der Waals surface area contributed by atoms with Crippen molar-refractivity contribution in [3.8, 4) is 0 Å². The molecular weight excluding hydrogens is 244 g/mol. The Hall–Kier alpha value is -1.06. The maximum Gasteiger partial charge on any atom is 0.324 e. The first-order valence-corrected chi connectivity index (χ1v) is 7.40. The summed E-state index contributed by atoms with van der Waals surface area (Å²) in [5, 5.41) is 9.43. The Morgan fingerprint density at radius 1 is 1.00 bits per heavy atom. The van der Waals surface area contributed by atoms with Crippen LogP contribution < -0.4 is 0 Å². The number of carbonyl (C=O) groups excluding carboxylic acids is 1. The van der Waals surface area contributed by atoms with Gasteiger partial charge in [-0.3, -0.25) is 9.59 Å². The van der Waals surface area contributed by atoms with E-state index in [9.17, 15) is 14.7 Å². The van der Waals surface area contributed by atoms with E-state index in [1.807, 2.05) is 0 Å². The molecule has 0 aromatic heterocycles. The van der Waals surface area contributed by atoms with E-state index >= 15 is 0 Å². The van der Waals surface area contributed by atoms with Crippen LogP contribution in [0.2, 0.25) is 0 Å². The van der Waals surface area contributed by atoms with Gasteiger partial charge in [-0.2, -0.15) is 0 Å². The van der Waals surface area contributed by atoms with Crippen LogP contribution in [-0.2, 0) is 14.3 Å². The summed E-state index contributed by atoms with van der Waals surface area (Å²) in [5.41, 5.74) is -1.70. The molecule has 0 heterocycles. The highest BCUT2D eigenvalue weighted by Crippen LogP contribution is 2.45. The lowest BCUT2D eigenvalue weighted by molar-refractivity contribution is -0.183. The molecule has 19 heavy (non-hydrogen) atoms. The van der Waals surface area contributed by atoms with Gasteiger partial charge in [-0.15, -0.1) is 0 Å². The van der Waals surface area contributed by atoms with Crippen LogP contribution in [0.3, 0.4) is 0 Å². The Kier molecular flexibility index (Phi) is 3.88. The molecule has 0 atom stereocenters. The molecule has 0 unspecified atom stereocenters. The summed E-state index contributed by atoms with van der Waals surface area (Å²) in [6.07, 6.45) is 6.31. The molecule has 0 spiro atoms. The quantitative estimate of drug-likeness (QED) is 0.628. The molecule has 2 aliphatic rings. The zero-order valence-electron chi connectivity index (χ0n) is 11.9. The van der Waals surface area contributed by atoms with Crippen LogP contribution in [0.15, 0.2) is 0 Å². The standard InChI is InChI=1S/C15H24O4/c1-11(2)15(9-5-6-10-15)19-13(18)14(12(16)17)7-3-4-8-14/h11H,3-10H2,1-2H3,(H,16,17). The minimum absolute atomic E-state index is 0.242. The Balaban J connectivity index is 2.17. The van der Waals surface area contributed by atoms with Crippen molar-refractivity contribution in [3.63, 3.8) is 0 Å². The summed E-state index contributed by atoms with van der Waals surface area (Å²) in [5.74, 6) is -1.26. The minimum atomic E-state index is -1.27. The summed E-state index contributed by atoms with van der Waals surface area (Å²) in [7, 11) is 0. The number of carbonyl (C=O) groups is 2. The van der Waals surface area contributed by atoms with Gasteiger partial charge in [0, 0.05) is 0 Å². The first kappa shape index (κ1) is 14.4. The highest BCUT2D eigenvalue weighted by molar-refractivity contribution is 5.99. The number of esters is 1. The molecule has 0 aliphatic heterocycles. The normalized spacial score (nSPS) is 24.6. The highest BCUT2D eigenvalue weighted by atomic mass is 16.6. The van der Waals surface area contributed by atoms with Crippen LogP contribution in [0.1, 0.15) is 65.2 Å². The SMILES string of the molecule is CC(C)C1(OC(=O)C2(C(=O)O)CCCC2)CCCC1. The Morgan fingerprint density at radius 3 is 1.89 bits per heavy atom. The smallest absolute Gasteiger partial charge is 0.324 e. The molecule has 108 valence electrons. The third-order valence-corrected chi connectivity index (χ3v) is 5.06.